The van der Waals surface area contributed by atoms with Crippen LogP contribution in [0.3, 0.4) is 0 Å². The zero-order valence-corrected chi connectivity index (χ0v) is 19.0. The van der Waals surface area contributed by atoms with Crippen LogP contribution in [-0.4, -0.2) is 29.7 Å². The summed E-state index contributed by atoms with van der Waals surface area (Å²) in [6, 6.07) is 16.2. The molecule has 0 atom stereocenters. The Labute approximate surface area is 195 Å². The summed E-state index contributed by atoms with van der Waals surface area (Å²) in [6.45, 7) is 2.64. The predicted molar refractivity (Wildman–Crippen MR) is 128 cm³/mol. The highest BCUT2D eigenvalue weighted by Gasteiger charge is 2.10. The SMILES string of the molecule is Cc1cc(Cc2ccc3nc(NCc4ccc(Oc5cnc(Cl)cn5)cc4)n(C)c3c2)n[nH]1. The molecule has 3 aromatic heterocycles. The number of H-pyrrole nitrogens is 1. The number of rotatable bonds is 7. The van der Waals surface area contributed by atoms with Gasteiger partial charge in [-0.15, -0.1) is 0 Å². The van der Waals surface area contributed by atoms with E-state index in [1.807, 2.05) is 38.2 Å². The largest absolute Gasteiger partial charge is 0.438 e. The van der Waals surface area contributed by atoms with Gasteiger partial charge in [0.25, 0.3) is 0 Å². The van der Waals surface area contributed by atoms with Crippen LogP contribution < -0.4 is 10.1 Å². The first-order valence-corrected chi connectivity index (χ1v) is 10.9. The standard InChI is InChI=1S/C24H22ClN7O/c1-15-9-18(31-30-15)10-17-5-8-20-21(11-17)32(2)24(29-20)28-12-16-3-6-19(7-4-16)33-23-14-26-22(25)13-27-23/h3-9,11,13-14H,10,12H2,1-2H3,(H,28,29)(H,30,31). The first-order valence-electron chi connectivity index (χ1n) is 10.5. The van der Waals surface area contributed by atoms with Gasteiger partial charge in [-0.05, 0) is 48.4 Å². The van der Waals surface area contributed by atoms with Crippen molar-refractivity contribution in [1.82, 2.24) is 29.7 Å². The third kappa shape index (κ3) is 4.80. The fourth-order valence-corrected chi connectivity index (χ4v) is 3.71. The molecule has 0 spiro atoms. The summed E-state index contributed by atoms with van der Waals surface area (Å²) >= 11 is 5.75. The molecule has 0 saturated heterocycles. The molecule has 3 heterocycles. The van der Waals surface area contributed by atoms with Crippen LogP contribution in [0.25, 0.3) is 11.0 Å². The van der Waals surface area contributed by atoms with Gasteiger partial charge in [0.05, 0.1) is 29.1 Å². The van der Waals surface area contributed by atoms with Crippen molar-refractivity contribution in [3.63, 3.8) is 0 Å². The lowest BCUT2D eigenvalue weighted by atomic mass is 10.1. The second kappa shape index (κ2) is 8.91. The number of ether oxygens (including phenoxy) is 1. The minimum atomic E-state index is 0.328. The third-order valence-electron chi connectivity index (χ3n) is 5.28. The van der Waals surface area contributed by atoms with Crippen molar-refractivity contribution in [2.24, 2.45) is 7.05 Å². The van der Waals surface area contributed by atoms with Gasteiger partial charge in [0, 0.05) is 25.7 Å². The van der Waals surface area contributed by atoms with E-state index in [0.29, 0.717) is 23.3 Å². The van der Waals surface area contributed by atoms with Gasteiger partial charge in [-0.25, -0.2) is 15.0 Å². The highest BCUT2D eigenvalue weighted by atomic mass is 35.5. The van der Waals surface area contributed by atoms with E-state index >= 15 is 0 Å². The van der Waals surface area contributed by atoms with Crippen LogP contribution in [0.4, 0.5) is 5.95 Å². The monoisotopic (exact) mass is 459 g/mol. The highest BCUT2D eigenvalue weighted by molar-refractivity contribution is 6.29. The van der Waals surface area contributed by atoms with Crippen molar-refractivity contribution in [2.45, 2.75) is 19.9 Å². The fraction of sp³-hybridized carbons (Fsp3) is 0.167. The van der Waals surface area contributed by atoms with Crippen LogP contribution in [0.2, 0.25) is 5.15 Å². The molecule has 166 valence electrons. The van der Waals surface area contributed by atoms with Gasteiger partial charge in [-0.3, -0.25) is 5.10 Å². The molecule has 8 nitrogen and oxygen atoms in total. The fourth-order valence-electron chi connectivity index (χ4n) is 3.61. The number of anilines is 1. The number of imidazole rings is 1. The van der Waals surface area contributed by atoms with Gasteiger partial charge in [0.15, 0.2) is 0 Å². The van der Waals surface area contributed by atoms with E-state index in [1.54, 1.807) is 0 Å². The topological polar surface area (TPSA) is 93.5 Å². The van der Waals surface area contributed by atoms with Crippen molar-refractivity contribution in [3.8, 4) is 11.6 Å². The molecule has 0 saturated carbocycles. The van der Waals surface area contributed by atoms with Crippen LogP contribution >= 0.6 is 11.6 Å². The van der Waals surface area contributed by atoms with Crippen molar-refractivity contribution >= 4 is 28.6 Å². The zero-order chi connectivity index (χ0) is 22.8. The lowest BCUT2D eigenvalue weighted by molar-refractivity contribution is 0.460. The summed E-state index contributed by atoms with van der Waals surface area (Å²) in [5.41, 5.74) is 6.43. The molecule has 9 heteroatoms. The maximum absolute atomic E-state index is 5.75. The Morgan fingerprint density at radius 2 is 1.85 bits per heavy atom. The van der Waals surface area contributed by atoms with Crippen molar-refractivity contribution in [1.29, 1.82) is 0 Å². The van der Waals surface area contributed by atoms with Crippen LogP contribution in [0.15, 0.2) is 60.9 Å². The minimum absolute atomic E-state index is 0.328. The van der Waals surface area contributed by atoms with E-state index < -0.39 is 0 Å². The summed E-state index contributed by atoms with van der Waals surface area (Å²) in [4.78, 5) is 12.8. The van der Waals surface area contributed by atoms with Gasteiger partial charge in [-0.1, -0.05) is 29.8 Å². The molecular weight excluding hydrogens is 438 g/mol. The molecule has 2 aromatic carbocycles. The molecule has 5 rings (SSSR count). The lowest BCUT2D eigenvalue weighted by Crippen LogP contribution is -2.05. The summed E-state index contributed by atoms with van der Waals surface area (Å²) in [5.74, 6) is 1.89. The molecule has 0 aliphatic carbocycles. The maximum atomic E-state index is 5.75. The van der Waals surface area contributed by atoms with E-state index in [1.165, 1.54) is 18.0 Å². The van der Waals surface area contributed by atoms with Crippen LogP contribution in [-0.2, 0) is 20.0 Å². The van der Waals surface area contributed by atoms with Crippen LogP contribution in [0.5, 0.6) is 11.6 Å². The zero-order valence-electron chi connectivity index (χ0n) is 18.2. The second-order valence-corrected chi connectivity index (χ2v) is 8.20. The molecule has 0 fully saturated rings. The minimum Gasteiger partial charge on any atom is -0.438 e. The molecule has 33 heavy (non-hydrogen) atoms. The number of fused-ring (bicyclic) bond motifs is 1. The Kier molecular flexibility index (Phi) is 5.66. The highest BCUT2D eigenvalue weighted by Crippen LogP contribution is 2.23. The predicted octanol–water partition coefficient (Wildman–Crippen LogP) is 5.04. The van der Waals surface area contributed by atoms with E-state index in [2.05, 4.69) is 54.3 Å². The first kappa shape index (κ1) is 21.0. The normalized spacial score (nSPS) is 11.1. The van der Waals surface area contributed by atoms with E-state index in [0.717, 1.165) is 40.4 Å². The summed E-state index contributed by atoms with van der Waals surface area (Å²) < 4.78 is 7.76. The van der Waals surface area contributed by atoms with Crippen molar-refractivity contribution < 1.29 is 4.74 Å². The average Bonchev–Trinajstić information content (AvgIpc) is 3.37. The van der Waals surface area contributed by atoms with Gasteiger partial charge in [0.2, 0.25) is 11.8 Å². The number of aromatic amines is 1. The molecule has 0 bridgehead atoms. The molecule has 0 amide bonds. The molecule has 5 aromatic rings. The molecule has 0 unspecified atom stereocenters. The number of nitrogens with one attached hydrogen (secondary N) is 2. The van der Waals surface area contributed by atoms with Gasteiger partial charge < -0.3 is 14.6 Å². The van der Waals surface area contributed by atoms with Gasteiger partial charge in [0.1, 0.15) is 10.9 Å². The molecule has 2 N–H and O–H groups in total. The van der Waals surface area contributed by atoms with E-state index in [4.69, 9.17) is 21.3 Å². The average molecular weight is 460 g/mol. The summed E-state index contributed by atoms with van der Waals surface area (Å²) in [6.07, 6.45) is 3.72. The Morgan fingerprint density at radius 3 is 2.58 bits per heavy atom. The Morgan fingerprint density at radius 1 is 1.03 bits per heavy atom. The first-order chi connectivity index (χ1) is 16.0. The number of aryl methyl sites for hydroxylation is 2. The number of nitrogens with zero attached hydrogens (tertiary/aromatic N) is 5. The molecular formula is C24H22ClN7O. The maximum Gasteiger partial charge on any atom is 0.237 e. The van der Waals surface area contributed by atoms with E-state index in [-0.39, 0.29) is 0 Å². The lowest BCUT2D eigenvalue weighted by Gasteiger charge is -2.08. The molecule has 0 aliphatic rings. The number of halogens is 1. The van der Waals surface area contributed by atoms with Gasteiger partial charge in [-0.2, -0.15) is 5.10 Å². The number of aromatic nitrogens is 6. The third-order valence-corrected chi connectivity index (χ3v) is 5.48. The Hall–Kier alpha value is -3.91. The van der Waals surface area contributed by atoms with Crippen LogP contribution in [0, 0.1) is 6.92 Å². The van der Waals surface area contributed by atoms with Crippen molar-refractivity contribution in [2.75, 3.05) is 5.32 Å². The van der Waals surface area contributed by atoms with Crippen molar-refractivity contribution in [3.05, 3.63) is 88.6 Å². The van der Waals surface area contributed by atoms with Gasteiger partial charge >= 0.3 is 0 Å². The second-order valence-electron chi connectivity index (χ2n) is 7.81. The summed E-state index contributed by atoms with van der Waals surface area (Å²) in [5, 5.41) is 11.1. The Balaban J connectivity index is 1.25. The van der Waals surface area contributed by atoms with Crippen LogP contribution in [0.1, 0.15) is 22.5 Å². The Bertz CT molecular complexity index is 1390. The summed E-state index contributed by atoms with van der Waals surface area (Å²) in [7, 11) is 2.02. The molecule has 0 aliphatic heterocycles. The molecule has 0 radical (unpaired) electrons. The van der Waals surface area contributed by atoms with E-state index in [9.17, 15) is 0 Å². The smallest absolute Gasteiger partial charge is 0.237 e. The quantitative estimate of drug-likeness (QED) is 0.354. The number of hydrogen-bond donors (Lipinski definition) is 2. The number of hydrogen-bond acceptors (Lipinski definition) is 6. The number of benzene rings is 2.